The standard InChI is InChI=1S/C61H83N11O18S/c1-32-29-72-51(52(32)80)57(85)64-28-38(74)26-41(65-53(81)35-11-13-36(14-12-35)58-69-70-59(91-58)37-15-17-40(18-16-37)89-23-9-7-5-6-8-22-88-4)54(82)66-48(33(2)73)60(86)71-30-39(75)27-42(71)55(83)67-49(56(84)68-50(61(72)87)44(77)20-21-62)45(78)24-34-10-19-43(76)46(25-34)90-31-47(79)63-3/h10-19,25,32-33,38-39,41-42,44-45,48-52,73-78,80H,5-9,20-24,26-31,62H2,1-4H3,(H,63,79)(H,64,85)(H,65,81)(H,66,82)(H,67,83)(H,68,84)/t32-,33+,38+,39+,41?,42-,44+,45+,48-,49-,50-,51-,52-/m0/s1. The van der Waals surface area contributed by atoms with Crippen molar-refractivity contribution in [2.45, 2.75) is 145 Å². The Kier molecular flexibility index (Phi) is 25.9. The number of likely N-dealkylation sites (N-methyl/N-ethyl adjacent to an activating group) is 1. The van der Waals surface area contributed by atoms with Crippen LogP contribution in [-0.2, 0) is 44.7 Å². The topological polar surface area (TPSA) is 436 Å². The summed E-state index contributed by atoms with van der Waals surface area (Å²) in [5.41, 5.74) is 7.39. The number of aliphatic hydroxyl groups excluding tert-OH is 6. The number of phenols is 1. The molecule has 13 atom stereocenters. The lowest BCUT2D eigenvalue weighted by Crippen LogP contribution is -2.64. The highest BCUT2D eigenvalue weighted by Gasteiger charge is 2.50. The molecule has 496 valence electrons. The third-order valence-corrected chi connectivity index (χ3v) is 17.0. The normalized spacial score (nSPS) is 24.7. The van der Waals surface area contributed by atoms with Gasteiger partial charge in [0.15, 0.2) is 18.1 Å². The van der Waals surface area contributed by atoms with Gasteiger partial charge in [0, 0.05) is 82.3 Å². The number of methoxy groups -OCH3 is 1. The molecule has 3 aromatic carbocycles. The summed E-state index contributed by atoms with van der Waals surface area (Å²) in [6.45, 7) is 1.72. The number of nitrogens with zero attached hydrogens (tertiary/aromatic N) is 4. The lowest BCUT2D eigenvalue weighted by atomic mass is 9.98. The average Bonchev–Trinajstić information content (AvgIpc) is 1.79. The van der Waals surface area contributed by atoms with Crippen molar-refractivity contribution in [2.75, 3.05) is 60.2 Å². The molecule has 0 spiro atoms. The van der Waals surface area contributed by atoms with Gasteiger partial charge in [0.2, 0.25) is 35.4 Å². The zero-order valence-electron chi connectivity index (χ0n) is 51.1. The molecule has 7 rings (SSSR count). The predicted octanol–water partition coefficient (Wildman–Crippen LogP) is -2.02. The van der Waals surface area contributed by atoms with Crippen LogP contribution in [0, 0.1) is 5.92 Å². The van der Waals surface area contributed by atoms with Gasteiger partial charge in [0.25, 0.3) is 11.8 Å². The molecule has 15 N–H and O–H groups in total. The molecule has 3 aliphatic heterocycles. The number of phenolic OH excluding ortho intramolecular Hbond substituents is 1. The van der Waals surface area contributed by atoms with Crippen molar-refractivity contribution in [3.05, 3.63) is 77.9 Å². The van der Waals surface area contributed by atoms with E-state index in [2.05, 4.69) is 42.1 Å². The second kappa shape index (κ2) is 33.4. The zero-order chi connectivity index (χ0) is 66.1. The van der Waals surface area contributed by atoms with Crippen molar-refractivity contribution in [3.8, 4) is 38.4 Å². The van der Waals surface area contributed by atoms with E-state index in [9.17, 15) is 74.1 Å². The predicted molar refractivity (Wildman–Crippen MR) is 327 cm³/mol. The molecular formula is C61H83N11O18S. The number of fused-ring (bicyclic) bond motifs is 2. The van der Waals surface area contributed by atoms with E-state index in [1.54, 1.807) is 19.2 Å². The van der Waals surface area contributed by atoms with E-state index in [0.29, 0.717) is 22.2 Å². The first-order valence-electron chi connectivity index (χ1n) is 30.2. The van der Waals surface area contributed by atoms with Crippen LogP contribution in [0.25, 0.3) is 21.1 Å². The maximum atomic E-state index is 14.7. The summed E-state index contributed by atoms with van der Waals surface area (Å²) >= 11 is 1.30. The second-order valence-electron chi connectivity index (χ2n) is 23.0. The molecule has 0 bridgehead atoms. The average molecular weight is 1290 g/mol. The minimum absolute atomic E-state index is 0.0243. The van der Waals surface area contributed by atoms with Crippen LogP contribution in [0.1, 0.15) is 81.1 Å². The van der Waals surface area contributed by atoms with Crippen LogP contribution >= 0.6 is 11.3 Å². The summed E-state index contributed by atoms with van der Waals surface area (Å²) in [6, 6.07) is 6.23. The van der Waals surface area contributed by atoms with Crippen molar-refractivity contribution in [2.24, 2.45) is 11.7 Å². The second-order valence-corrected chi connectivity index (χ2v) is 23.9. The van der Waals surface area contributed by atoms with Gasteiger partial charge in [-0.2, -0.15) is 0 Å². The summed E-state index contributed by atoms with van der Waals surface area (Å²) in [7, 11) is 3.06. The molecule has 8 amide bonds. The number of hydrogen-bond acceptors (Lipinski definition) is 22. The molecule has 3 aliphatic rings. The molecule has 91 heavy (non-hydrogen) atoms. The number of carbonyl (C=O) groups is 8. The van der Waals surface area contributed by atoms with Crippen LogP contribution < -0.4 is 47.1 Å². The maximum Gasteiger partial charge on any atom is 0.257 e. The van der Waals surface area contributed by atoms with E-state index in [-0.39, 0.29) is 36.4 Å². The molecule has 4 aromatic rings. The molecule has 4 heterocycles. The third-order valence-electron chi connectivity index (χ3n) is 16.0. The molecule has 1 aromatic heterocycles. The maximum absolute atomic E-state index is 14.7. The third kappa shape index (κ3) is 18.8. The fraction of sp³-hybridized carbons (Fsp3) is 0.541. The number of nitrogens with one attached hydrogen (secondary N) is 6. The molecule has 3 saturated heterocycles. The van der Waals surface area contributed by atoms with Crippen LogP contribution in [0.3, 0.4) is 0 Å². The highest BCUT2D eigenvalue weighted by Crippen LogP contribution is 2.33. The number of ether oxygens (including phenoxy) is 3. The number of hydrogen-bond donors (Lipinski definition) is 14. The number of aromatic hydroxyl groups is 1. The lowest BCUT2D eigenvalue weighted by molar-refractivity contribution is -0.147. The first-order chi connectivity index (χ1) is 43.5. The summed E-state index contributed by atoms with van der Waals surface area (Å²) < 4.78 is 16.5. The van der Waals surface area contributed by atoms with E-state index in [1.807, 2.05) is 24.3 Å². The minimum atomic E-state index is -2.09. The number of rotatable bonds is 23. The van der Waals surface area contributed by atoms with Crippen LogP contribution in [0.4, 0.5) is 0 Å². The van der Waals surface area contributed by atoms with Crippen molar-refractivity contribution < 1.29 is 88.3 Å². The fourth-order valence-electron chi connectivity index (χ4n) is 10.9. The highest BCUT2D eigenvalue weighted by atomic mass is 32.1. The van der Waals surface area contributed by atoms with E-state index in [1.165, 1.54) is 55.6 Å². The Labute approximate surface area is 529 Å². The minimum Gasteiger partial charge on any atom is -0.504 e. The molecule has 0 saturated carbocycles. The van der Waals surface area contributed by atoms with E-state index in [0.717, 1.165) is 66.7 Å². The molecule has 3 fully saturated rings. The Morgan fingerprint density at radius 1 is 0.736 bits per heavy atom. The zero-order valence-corrected chi connectivity index (χ0v) is 51.9. The Morgan fingerprint density at radius 2 is 1.36 bits per heavy atom. The van der Waals surface area contributed by atoms with E-state index >= 15 is 0 Å². The number of aliphatic hydroxyl groups is 6. The Balaban J connectivity index is 1.15. The molecule has 1 unspecified atom stereocenters. The number of nitrogens with two attached hydrogens (primary N) is 1. The molecule has 0 radical (unpaired) electrons. The Bertz CT molecular complexity index is 3140. The quantitative estimate of drug-likeness (QED) is 0.0356. The fourth-order valence-corrected chi connectivity index (χ4v) is 11.7. The molecule has 29 nitrogen and oxygen atoms in total. The van der Waals surface area contributed by atoms with E-state index < -0.39 is 171 Å². The van der Waals surface area contributed by atoms with Gasteiger partial charge < -0.3 is 97.4 Å². The van der Waals surface area contributed by atoms with Crippen LogP contribution in [0.2, 0.25) is 0 Å². The Morgan fingerprint density at radius 3 is 2.01 bits per heavy atom. The molecule has 30 heteroatoms. The number of unbranched alkanes of at least 4 members (excludes halogenated alkanes) is 4. The first kappa shape index (κ1) is 70.5. The molecule has 0 aliphatic carbocycles. The van der Waals surface area contributed by atoms with Crippen molar-refractivity contribution in [1.82, 2.24) is 51.9 Å². The van der Waals surface area contributed by atoms with Crippen LogP contribution in [0.15, 0.2) is 66.7 Å². The lowest BCUT2D eigenvalue weighted by Gasteiger charge is -2.34. The monoisotopic (exact) mass is 1290 g/mol. The van der Waals surface area contributed by atoms with Gasteiger partial charge in [-0.3, -0.25) is 38.4 Å². The Hall–Kier alpha value is -7.94. The van der Waals surface area contributed by atoms with Crippen molar-refractivity contribution in [1.29, 1.82) is 0 Å². The van der Waals surface area contributed by atoms with Crippen LogP contribution in [-0.4, -0.2) is 236 Å². The van der Waals surface area contributed by atoms with Crippen molar-refractivity contribution in [3.63, 3.8) is 0 Å². The number of amides is 8. The van der Waals surface area contributed by atoms with Gasteiger partial charge in [0.05, 0.1) is 43.2 Å². The summed E-state index contributed by atoms with van der Waals surface area (Å²) in [5.74, 6) is -8.95. The van der Waals surface area contributed by atoms with Gasteiger partial charge >= 0.3 is 0 Å². The van der Waals surface area contributed by atoms with Crippen LogP contribution in [0.5, 0.6) is 17.2 Å². The number of aromatic nitrogens is 2. The SMILES string of the molecule is CNC(=O)COc1cc(C[C@@H](O)[C@@H]2NC(=O)[C@@H]3C[C@@H](O)CN3C(=O)[C@H]([C@@H](C)O)NC(=O)C(NC(=O)c3ccc(-c4nnc(-c5ccc(OCCCCCCCOC)cc5)s4)cc3)C[C@@H](O)CNC(=O)[C@@H]3[C@@H](O)[C@@H](C)CN3C(=O)[C@H]([C@H](O)CCN)NC2=O)ccc1O. The van der Waals surface area contributed by atoms with Gasteiger partial charge in [0.1, 0.15) is 52.0 Å². The highest BCUT2D eigenvalue weighted by molar-refractivity contribution is 7.17. The first-order valence-corrected chi connectivity index (χ1v) is 31.0. The summed E-state index contributed by atoms with van der Waals surface area (Å²) in [6.07, 6.45) is -6.90. The summed E-state index contributed by atoms with van der Waals surface area (Å²) in [5, 5.41) is 104. The number of carbonyl (C=O) groups excluding carboxylic acids is 8. The summed E-state index contributed by atoms with van der Waals surface area (Å²) in [4.78, 5) is 115. The smallest absolute Gasteiger partial charge is 0.257 e. The van der Waals surface area contributed by atoms with E-state index in [4.69, 9.17) is 19.9 Å². The molecular weight excluding hydrogens is 1210 g/mol. The van der Waals surface area contributed by atoms with Gasteiger partial charge in [-0.1, -0.05) is 55.7 Å². The van der Waals surface area contributed by atoms with Crippen molar-refractivity contribution >= 4 is 58.6 Å². The van der Waals surface area contributed by atoms with Gasteiger partial charge in [-0.25, -0.2) is 0 Å². The van der Waals surface area contributed by atoms with Gasteiger partial charge in [-0.05, 0) is 86.8 Å². The largest absolute Gasteiger partial charge is 0.504 e. The number of benzene rings is 3. The number of β-amino-alcohol motifs (C(OH)–C–C–N with tert-alkyl or cyclic N) is 1. The van der Waals surface area contributed by atoms with Gasteiger partial charge in [-0.15, -0.1) is 10.2 Å².